The maximum absolute atomic E-state index is 13.6. The van der Waals surface area contributed by atoms with E-state index in [1.165, 1.54) is 13.2 Å². The minimum absolute atomic E-state index is 0.0618. The third-order valence-corrected chi connectivity index (χ3v) is 4.17. The molecule has 8 heteroatoms. The van der Waals surface area contributed by atoms with Crippen molar-refractivity contribution in [2.75, 3.05) is 0 Å². The minimum Gasteiger partial charge on any atom is -0.478 e. The summed E-state index contributed by atoms with van der Waals surface area (Å²) in [5.41, 5.74) is -0.748. The normalized spacial score (nSPS) is 11.5. The van der Waals surface area contributed by atoms with Crippen molar-refractivity contribution < 1.29 is 27.1 Å². The Morgan fingerprint density at radius 2 is 2.14 bits per heavy atom. The van der Waals surface area contributed by atoms with Crippen molar-refractivity contribution in [1.29, 1.82) is 0 Å². The van der Waals surface area contributed by atoms with Crippen molar-refractivity contribution in [3.63, 3.8) is 0 Å². The number of hydrogen-bond donors (Lipinski definition) is 2. The summed E-state index contributed by atoms with van der Waals surface area (Å²) in [6.45, 7) is 1.21. The van der Waals surface area contributed by atoms with Gasteiger partial charge >= 0.3 is 5.97 Å². The molecule has 0 aliphatic heterocycles. The number of hydrogen-bond acceptors (Lipinski definition) is 4. The van der Waals surface area contributed by atoms with Crippen LogP contribution in [0.5, 0.6) is 0 Å². The number of carboxylic acid groups (broad SMARTS) is 1. The summed E-state index contributed by atoms with van der Waals surface area (Å²) in [6, 6.07) is 5.05. The number of aryl methyl sites for hydroxylation is 1. The van der Waals surface area contributed by atoms with Crippen LogP contribution in [0.2, 0.25) is 0 Å². The van der Waals surface area contributed by atoms with E-state index in [2.05, 4.69) is 4.72 Å². The van der Waals surface area contributed by atoms with Crippen molar-refractivity contribution in [1.82, 2.24) is 4.72 Å². The highest BCUT2D eigenvalue weighted by Crippen LogP contribution is 2.19. The fourth-order valence-electron chi connectivity index (χ4n) is 1.71. The first-order valence-corrected chi connectivity index (χ1v) is 7.35. The van der Waals surface area contributed by atoms with Crippen LogP contribution in [0.4, 0.5) is 4.39 Å². The second-order valence-corrected chi connectivity index (χ2v) is 6.08. The fourth-order valence-corrected chi connectivity index (χ4v) is 2.81. The van der Waals surface area contributed by atoms with Gasteiger partial charge in [-0.1, -0.05) is 0 Å². The third-order valence-electron chi connectivity index (χ3n) is 2.79. The van der Waals surface area contributed by atoms with Gasteiger partial charge in [-0.2, -0.15) is 0 Å². The molecule has 0 fully saturated rings. The van der Waals surface area contributed by atoms with E-state index in [9.17, 15) is 17.6 Å². The highest BCUT2D eigenvalue weighted by Gasteiger charge is 2.21. The van der Waals surface area contributed by atoms with Crippen LogP contribution in [0.1, 0.15) is 21.7 Å². The molecule has 1 aromatic heterocycles. The molecule has 0 saturated heterocycles. The van der Waals surface area contributed by atoms with E-state index in [0.29, 0.717) is 5.76 Å². The first kappa shape index (κ1) is 15.2. The average Bonchev–Trinajstić information content (AvgIpc) is 2.92. The lowest BCUT2D eigenvalue weighted by molar-refractivity contribution is 0.0691. The molecule has 0 aliphatic rings. The van der Waals surface area contributed by atoms with Gasteiger partial charge in [0.1, 0.15) is 11.6 Å². The fraction of sp³-hybridized carbons (Fsp3) is 0.154. The van der Waals surface area contributed by atoms with Gasteiger partial charge < -0.3 is 9.52 Å². The van der Waals surface area contributed by atoms with Crippen LogP contribution in [-0.2, 0) is 16.6 Å². The molecular formula is C13H12FNO5S. The number of carboxylic acids is 1. The number of furan rings is 1. The minimum atomic E-state index is -3.97. The molecule has 2 rings (SSSR count). The van der Waals surface area contributed by atoms with Crippen LogP contribution < -0.4 is 4.72 Å². The summed E-state index contributed by atoms with van der Waals surface area (Å²) in [5, 5.41) is 8.89. The molecular weight excluding hydrogens is 301 g/mol. The molecule has 0 spiro atoms. The van der Waals surface area contributed by atoms with Gasteiger partial charge in [0.05, 0.1) is 23.3 Å². The van der Waals surface area contributed by atoms with E-state index in [1.54, 1.807) is 12.1 Å². The molecule has 0 aliphatic carbocycles. The van der Waals surface area contributed by atoms with Crippen LogP contribution in [0.15, 0.2) is 39.8 Å². The van der Waals surface area contributed by atoms with Crippen molar-refractivity contribution in [3.8, 4) is 0 Å². The molecule has 0 saturated carbocycles. The van der Waals surface area contributed by atoms with Gasteiger partial charge in [-0.25, -0.2) is 22.3 Å². The zero-order valence-corrected chi connectivity index (χ0v) is 11.8. The molecule has 0 unspecified atom stereocenters. The van der Waals surface area contributed by atoms with Gasteiger partial charge in [0.25, 0.3) is 0 Å². The van der Waals surface area contributed by atoms with E-state index in [1.807, 2.05) is 0 Å². The summed E-state index contributed by atoms with van der Waals surface area (Å²) < 4.78 is 45.1. The van der Waals surface area contributed by atoms with Crippen LogP contribution >= 0.6 is 0 Å². The molecule has 112 valence electrons. The first-order valence-electron chi connectivity index (χ1n) is 5.87. The lowest BCUT2D eigenvalue weighted by Crippen LogP contribution is -2.23. The van der Waals surface area contributed by atoms with Gasteiger partial charge in [0.15, 0.2) is 0 Å². The lowest BCUT2D eigenvalue weighted by Gasteiger charge is -2.09. The maximum atomic E-state index is 13.6. The Morgan fingerprint density at radius 3 is 2.71 bits per heavy atom. The number of rotatable bonds is 5. The SMILES string of the molecule is Cc1cc(S(=O)(=O)NCc2ccco2)cc(C(=O)O)c1F. The Hall–Kier alpha value is -2.19. The number of sulfonamides is 1. The Morgan fingerprint density at radius 1 is 1.43 bits per heavy atom. The van der Waals surface area contributed by atoms with Crippen LogP contribution in [0.3, 0.4) is 0 Å². The third kappa shape index (κ3) is 3.29. The quantitative estimate of drug-likeness (QED) is 0.879. The summed E-state index contributed by atoms with van der Waals surface area (Å²) in [4.78, 5) is 10.6. The summed E-state index contributed by atoms with van der Waals surface area (Å²) in [7, 11) is -3.97. The highest BCUT2D eigenvalue weighted by atomic mass is 32.2. The second-order valence-electron chi connectivity index (χ2n) is 4.31. The van der Waals surface area contributed by atoms with Crippen molar-refractivity contribution in [2.24, 2.45) is 0 Å². The summed E-state index contributed by atoms with van der Waals surface area (Å²) >= 11 is 0. The topological polar surface area (TPSA) is 96.6 Å². The summed E-state index contributed by atoms with van der Waals surface area (Å²) in [5.74, 6) is -2.08. The van der Waals surface area contributed by atoms with E-state index >= 15 is 0 Å². The average molecular weight is 313 g/mol. The van der Waals surface area contributed by atoms with Crippen LogP contribution in [0, 0.1) is 12.7 Å². The van der Waals surface area contributed by atoms with Crippen LogP contribution in [-0.4, -0.2) is 19.5 Å². The molecule has 2 aromatic rings. The lowest BCUT2D eigenvalue weighted by atomic mass is 10.1. The monoisotopic (exact) mass is 313 g/mol. The predicted octanol–water partition coefficient (Wildman–Crippen LogP) is 1.90. The zero-order chi connectivity index (χ0) is 15.6. The van der Waals surface area contributed by atoms with Crippen molar-refractivity contribution in [2.45, 2.75) is 18.4 Å². The Labute approximate surface area is 120 Å². The number of carbonyl (C=O) groups is 1. The highest BCUT2D eigenvalue weighted by molar-refractivity contribution is 7.89. The van der Waals surface area contributed by atoms with Gasteiger partial charge in [-0.15, -0.1) is 0 Å². The van der Waals surface area contributed by atoms with Gasteiger partial charge in [-0.3, -0.25) is 0 Å². The van der Waals surface area contributed by atoms with Gasteiger partial charge in [0.2, 0.25) is 10.0 Å². The van der Waals surface area contributed by atoms with E-state index < -0.39 is 27.4 Å². The van der Waals surface area contributed by atoms with Gasteiger partial charge in [-0.05, 0) is 36.8 Å². The predicted molar refractivity (Wildman–Crippen MR) is 70.8 cm³/mol. The van der Waals surface area contributed by atoms with E-state index in [-0.39, 0.29) is 17.0 Å². The zero-order valence-electron chi connectivity index (χ0n) is 11.0. The molecule has 0 atom stereocenters. The molecule has 0 radical (unpaired) electrons. The number of nitrogens with one attached hydrogen (secondary N) is 1. The molecule has 21 heavy (non-hydrogen) atoms. The first-order chi connectivity index (χ1) is 9.81. The molecule has 2 N–H and O–H groups in total. The molecule has 6 nitrogen and oxygen atoms in total. The smallest absolute Gasteiger partial charge is 0.338 e. The Balaban J connectivity index is 2.33. The largest absolute Gasteiger partial charge is 0.478 e. The number of halogens is 1. The van der Waals surface area contributed by atoms with E-state index in [0.717, 1.165) is 12.1 Å². The van der Waals surface area contributed by atoms with Crippen LogP contribution in [0.25, 0.3) is 0 Å². The number of aromatic carboxylic acids is 1. The molecule has 1 heterocycles. The second kappa shape index (κ2) is 5.66. The summed E-state index contributed by atoms with van der Waals surface area (Å²) in [6.07, 6.45) is 1.40. The standard InChI is InChI=1S/C13H12FNO5S/c1-8-5-10(6-11(12(8)14)13(16)17)21(18,19)15-7-9-3-2-4-20-9/h2-6,15H,7H2,1H3,(H,16,17). The Kier molecular flexibility index (Phi) is 4.10. The van der Waals surface area contributed by atoms with E-state index in [4.69, 9.17) is 9.52 Å². The molecule has 0 bridgehead atoms. The maximum Gasteiger partial charge on any atom is 0.338 e. The number of benzene rings is 1. The Bertz CT molecular complexity index is 768. The van der Waals surface area contributed by atoms with Gasteiger partial charge in [0, 0.05) is 0 Å². The molecule has 0 amide bonds. The van der Waals surface area contributed by atoms with Crippen molar-refractivity contribution in [3.05, 3.63) is 53.2 Å². The van der Waals surface area contributed by atoms with Crippen molar-refractivity contribution >= 4 is 16.0 Å². The molecule has 1 aromatic carbocycles.